The fourth-order valence-electron chi connectivity index (χ4n) is 2.29. The van der Waals surface area contributed by atoms with Gasteiger partial charge in [0.1, 0.15) is 17.9 Å². The number of carbonyl (C=O) groups is 3. The Morgan fingerprint density at radius 3 is 2.30 bits per heavy atom. The lowest BCUT2D eigenvalue weighted by atomic mass is 10.1. The van der Waals surface area contributed by atoms with E-state index in [1.54, 1.807) is 30.3 Å². The van der Waals surface area contributed by atoms with Crippen LogP contribution >= 0.6 is 39.1 Å². The molecule has 2 aromatic carbocycles. The number of nitrogens with one attached hydrogen (secondary N) is 2. The Morgan fingerprint density at radius 1 is 0.963 bits per heavy atom. The van der Waals surface area contributed by atoms with Crippen molar-refractivity contribution in [2.75, 3.05) is 0 Å². The van der Waals surface area contributed by atoms with Crippen LogP contribution in [0.4, 0.5) is 4.79 Å². The highest BCUT2D eigenvalue weighted by atomic mass is 79.9. The molecule has 0 aliphatic carbocycles. The average Bonchev–Trinajstić information content (AvgIpc) is 2.60. The molecule has 9 heteroatoms. The Morgan fingerprint density at radius 2 is 1.67 bits per heavy atom. The minimum Gasteiger partial charge on any atom is -0.488 e. The molecule has 27 heavy (non-hydrogen) atoms. The van der Waals surface area contributed by atoms with Crippen LogP contribution < -0.4 is 15.4 Å². The number of urea groups is 1. The first-order chi connectivity index (χ1) is 12.8. The van der Waals surface area contributed by atoms with Crippen LogP contribution in [0.1, 0.15) is 11.1 Å². The van der Waals surface area contributed by atoms with Crippen molar-refractivity contribution in [2.45, 2.75) is 6.61 Å². The van der Waals surface area contributed by atoms with Crippen LogP contribution in [-0.2, 0) is 16.2 Å². The summed E-state index contributed by atoms with van der Waals surface area (Å²) in [6.45, 7) is 0.281. The van der Waals surface area contributed by atoms with Gasteiger partial charge in [-0.3, -0.25) is 20.2 Å². The average molecular weight is 470 g/mol. The van der Waals surface area contributed by atoms with Crippen molar-refractivity contribution in [2.24, 2.45) is 0 Å². The molecule has 0 atom stereocenters. The van der Waals surface area contributed by atoms with Crippen LogP contribution in [0.25, 0.3) is 6.08 Å². The monoisotopic (exact) mass is 468 g/mol. The number of hydrogen-bond donors (Lipinski definition) is 2. The number of hydrogen-bond acceptors (Lipinski definition) is 4. The van der Waals surface area contributed by atoms with E-state index in [2.05, 4.69) is 15.9 Å². The molecule has 4 amide bonds. The zero-order valence-electron chi connectivity index (χ0n) is 13.5. The molecule has 2 N–H and O–H groups in total. The number of barbiturate groups is 1. The van der Waals surface area contributed by atoms with Gasteiger partial charge in [-0.1, -0.05) is 35.3 Å². The minimum atomic E-state index is -0.839. The van der Waals surface area contributed by atoms with Crippen molar-refractivity contribution in [3.63, 3.8) is 0 Å². The predicted molar refractivity (Wildman–Crippen MR) is 105 cm³/mol. The maximum Gasteiger partial charge on any atom is 0.328 e. The maximum atomic E-state index is 11.8. The molecule has 3 rings (SSSR count). The fraction of sp³-hybridized carbons (Fsp3) is 0.0556. The van der Waals surface area contributed by atoms with Crippen LogP contribution in [0, 0.1) is 0 Å². The summed E-state index contributed by atoms with van der Waals surface area (Å²) in [6, 6.07) is 9.44. The largest absolute Gasteiger partial charge is 0.488 e. The van der Waals surface area contributed by atoms with E-state index < -0.39 is 17.8 Å². The highest BCUT2D eigenvalue weighted by Crippen LogP contribution is 2.29. The summed E-state index contributed by atoms with van der Waals surface area (Å²) in [6.07, 6.45) is 1.38. The second-order valence-corrected chi connectivity index (χ2v) is 7.19. The number of halogens is 3. The lowest BCUT2D eigenvalue weighted by Gasteiger charge is -2.14. The van der Waals surface area contributed by atoms with Crippen molar-refractivity contribution in [3.8, 4) is 5.75 Å². The fourth-order valence-corrected chi connectivity index (χ4v) is 3.12. The van der Waals surface area contributed by atoms with Crippen molar-refractivity contribution < 1.29 is 19.1 Å². The van der Waals surface area contributed by atoms with Crippen LogP contribution in [-0.4, -0.2) is 17.8 Å². The van der Waals surface area contributed by atoms with E-state index >= 15 is 0 Å². The normalized spacial score (nSPS) is 13.9. The third-order valence-electron chi connectivity index (χ3n) is 3.59. The molecule has 1 heterocycles. The van der Waals surface area contributed by atoms with E-state index in [1.807, 2.05) is 16.7 Å². The van der Waals surface area contributed by atoms with Crippen molar-refractivity contribution in [3.05, 3.63) is 67.6 Å². The predicted octanol–water partition coefficient (Wildman–Crippen LogP) is 4.08. The smallest absolute Gasteiger partial charge is 0.328 e. The minimum absolute atomic E-state index is 0.161. The van der Waals surface area contributed by atoms with Gasteiger partial charge in [-0.05, 0) is 57.4 Å². The Hall–Kier alpha value is -2.35. The summed E-state index contributed by atoms with van der Waals surface area (Å²) < 4.78 is 6.38. The maximum absolute atomic E-state index is 11.8. The van der Waals surface area contributed by atoms with Crippen LogP contribution in [0.2, 0.25) is 10.0 Å². The van der Waals surface area contributed by atoms with E-state index in [-0.39, 0.29) is 12.2 Å². The number of ether oxygens (including phenoxy) is 1. The number of benzene rings is 2. The number of imide groups is 2. The van der Waals surface area contributed by atoms with Gasteiger partial charge in [-0.15, -0.1) is 0 Å². The Bertz CT molecular complexity index is 969. The number of carbonyl (C=O) groups excluding carboxylic acids is 3. The Labute approximate surface area is 172 Å². The van der Waals surface area contributed by atoms with Crippen LogP contribution in [0.15, 0.2) is 46.4 Å². The van der Waals surface area contributed by atoms with Crippen molar-refractivity contribution in [1.82, 2.24) is 10.6 Å². The molecule has 0 spiro atoms. The molecule has 138 valence electrons. The highest BCUT2D eigenvalue weighted by molar-refractivity contribution is 9.10. The second kappa shape index (κ2) is 8.12. The molecular formula is C18H11BrCl2N2O4. The highest BCUT2D eigenvalue weighted by Gasteiger charge is 2.27. The third kappa shape index (κ3) is 4.68. The summed E-state index contributed by atoms with van der Waals surface area (Å²) in [5.41, 5.74) is 1.27. The zero-order valence-corrected chi connectivity index (χ0v) is 16.6. The molecule has 0 unspecified atom stereocenters. The van der Waals surface area contributed by atoms with Gasteiger partial charge in [0.05, 0.1) is 14.5 Å². The second-order valence-electron chi connectivity index (χ2n) is 5.52. The summed E-state index contributed by atoms with van der Waals surface area (Å²) in [4.78, 5) is 34.6. The molecule has 1 saturated heterocycles. The van der Waals surface area contributed by atoms with Crippen molar-refractivity contribution in [1.29, 1.82) is 0 Å². The van der Waals surface area contributed by atoms with Gasteiger partial charge in [0.25, 0.3) is 11.8 Å². The molecule has 0 bridgehead atoms. The molecule has 2 aromatic rings. The van der Waals surface area contributed by atoms with Gasteiger partial charge < -0.3 is 4.74 Å². The molecule has 0 saturated carbocycles. The van der Waals surface area contributed by atoms with Crippen LogP contribution in [0.3, 0.4) is 0 Å². The number of amides is 4. The van der Waals surface area contributed by atoms with Gasteiger partial charge >= 0.3 is 6.03 Å². The first-order valence-electron chi connectivity index (χ1n) is 7.58. The standard InChI is InChI=1S/C18H11BrCl2N2O4/c19-12-6-9(5-11-16(24)22-18(26)23-17(11)25)2-4-15(12)27-8-10-1-3-13(20)14(21)7-10/h1-7H,8H2,(H2,22,23,24,25,26). The molecule has 0 aromatic heterocycles. The Balaban J connectivity index is 1.74. The first-order valence-corrected chi connectivity index (χ1v) is 9.13. The van der Waals surface area contributed by atoms with E-state index in [4.69, 9.17) is 27.9 Å². The van der Waals surface area contributed by atoms with Gasteiger partial charge in [0.15, 0.2) is 0 Å². The quantitative estimate of drug-likeness (QED) is 0.521. The van der Waals surface area contributed by atoms with Gasteiger partial charge in [-0.25, -0.2) is 4.79 Å². The van der Waals surface area contributed by atoms with Gasteiger partial charge in [0.2, 0.25) is 0 Å². The van der Waals surface area contributed by atoms with E-state index in [0.717, 1.165) is 5.56 Å². The molecule has 6 nitrogen and oxygen atoms in total. The Kier molecular flexibility index (Phi) is 5.84. The summed E-state index contributed by atoms with van der Waals surface area (Å²) in [7, 11) is 0. The van der Waals surface area contributed by atoms with E-state index in [1.165, 1.54) is 6.08 Å². The van der Waals surface area contributed by atoms with Gasteiger partial charge in [0, 0.05) is 0 Å². The van der Waals surface area contributed by atoms with Crippen molar-refractivity contribution >= 4 is 63.1 Å². The summed E-state index contributed by atoms with van der Waals surface area (Å²) >= 11 is 15.3. The zero-order chi connectivity index (χ0) is 19.6. The summed E-state index contributed by atoms with van der Waals surface area (Å²) in [5, 5.41) is 4.95. The lowest BCUT2D eigenvalue weighted by molar-refractivity contribution is -0.123. The number of rotatable bonds is 4. The summed E-state index contributed by atoms with van der Waals surface area (Å²) in [5.74, 6) is -0.935. The van der Waals surface area contributed by atoms with E-state index in [9.17, 15) is 14.4 Å². The third-order valence-corrected chi connectivity index (χ3v) is 4.95. The molecular weight excluding hydrogens is 459 g/mol. The molecule has 1 aliphatic rings. The van der Waals surface area contributed by atoms with Gasteiger partial charge in [-0.2, -0.15) is 0 Å². The topological polar surface area (TPSA) is 84.5 Å². The molecule has 1 aliphatic heterocycles. The molecule has 1 fully saturated rings. The lowest BCUT2D eigenvalue weighted by Crippen LogP contribution is -2.51. The first kappa shape index (κ1) is 19.4. The van der Waals surface area contributed by atoms with Crippen LogP contribution in [0.5, 0.6) is 5.75 Å². The van der Waals surface area contributed by atoms with E-state index in [0.29, 0.717) is 25.8 Å². The molecule has 0 radical (unpaired) electrons. The SMILES string of the molecule is O=C1NC(=O)C(=Cc2ccc(OCc3ccc(Cl)c(Cl)c3)c(Br)c2)C(=O)N1.